The first kappa shape index (κ1) is 46.0. The van der Waals surface area contributed by atoms with E-state index in [1.54, 1.807) is 0 Å². The second-order valence-electron chi connectivity index (χ2n) is 10.8. The summed E-state index contributed by atoms with van der Waals surface area (Å²) < 4.78 is 54.8. The third-order valence-corrected chi connectivity index (χ3v) is 23.4. The van der Waals surface area contributed by atoms with Gasteiger partial charge in [-0.1, -0.05) is 182 Å². The molecule has 11 heteroatoms. The Morgan fingerprint density at radius 3 is 0.725 bits per heavy atom. The van der Waals surface area contributed by atoms with E-state index in [1.165, 1.54) is 49.0 Å². The maximum absolute atomic E-state index is 16.6. The second-order valence-corrected chi connectivity index (χ2v) is 22.9. The molecule has 2 radical (unpaired) electrons. The molecule has 0 atom stereocenters. The fraction of sp³-hybridized carbons (Fsp3) is 0.0250. The van der Waals surface area contributed by atoms with Gasteiger partial charge in [-0.3, -0.25) is 0 Å². The van der Waals surface area contributed by atoms with E-state index >= 15 is 13.7 Å². The summed E-state index contributed by atoms with van der Waals surface area (Å²) in [4.78, 5) is 0. The fourth-order valence-electron chi connectivity index (χ4n) is 5.87. The second kappa shape index (κ2) is 22.3. The molecule has 0 saturated heterocycles. The van der Waals surface area contributed by atoms with Crippen LogP contribution in [0.1, 0.15) is 0 Å². The molecule has 0 N–H and O–H groups in total. The standard InChI is InChI=1S/C37H31O3P3.C3H2.2Bi.2ClH.Zr.H/c38-41(31-19-7-1-8-20-31,32-21-9-2-10-22-32)37(42(39,33-23-11-3-12-24-33)34-25-13-4-14-26-34)43(40,35-27-15-5-16-28-35)36-29-17-6-18-30-36;1-3-2;;;;;;/h1-30,37H;1,3H;;;2*1H;;/q;-1;;;;;;. The number of rotatable bonds is 10. The van der Waals surface area contributed by atoms with Crippen LogP contribution in [-0.4, -0.2) is 57.8 Å². The van der Waals surface area contributed by atoms with Crippen LogP contribution in [0.5, 0.6) is 0 Å². The Morgan fingerprint density at radius 2 is 0.608 bits per heavy atom. The fourth-order valence-corrected chi connectivity index (χ4v) is 25.2. The van der Waals surface area contributed by atoms with Crippen molar-refractivity contribution in [2.24, 2.45) is 0 Å². The van der Waals surface area contributed by atoms with Crippen LogP contribution in [0.2, 0.25) is 0 Å². The summed E-state index contributed by atoms with van der Waals surface area (Å²) in [6.45, 7) is 0. The van der Waals surface area contributed by atoms with Crippen LogP contribution in [0.15, 0.2) is 192 Å². The Bertz CT molecular complexity index is 1740. The molecule has 0 saturated carbocycles. The quantitative estimate of drug-likeness (QED) is 0.0818. The first-order valence-electron chi connectivity index (χ1n) is 15.3. The molecule has 0 spiro atoms. The van der Waals surface area contributed by atoms with Gasteiger partial charge in [-0.05, 0) is 0 Å². The smallest absolute Gasteiger partial charge is 0 e. The summed E-state index contributed by atoms with van der Waals surface area (Å²) in [5.41, 5.74) is 0. The Kier molecular flexibility index (Phi) is 20.1. The summed E-state index contributed by atoms with van der Waals surface area (Å²) in [7, 11) is -11.9. The molecule has 0 aliphatic rings. The summed E-state index contributed by atoms with van der Waals surface area (Å²) in [6, 6.07) is 55.2. The largest absolute Gasteiger partial charge is 0 e. The topological polar surface area (TPSA) is 51.2 Å². The molecule has 6 rings (SSSR count). The average molecular weight is 1240 g/mol. The number of benzene rings is 6. The number of hydrogen-bond acceptors (Lipinski definition) is 3. The van der Waals surface area contributed by atoms with Gasteiger partial charge in [0.2, 0.25) is 0 Å². The predicted molar refractivity (Wildman–Crippen MR) is 225 cm³/mol. The molecule has 6 aromatic carbocycles. The van der Waals surface area contributed by atoms with Gasteiger partial charge in [0.05, 0.1) is 0 Å². The van der Waals surface area contributed by atoms with Gasteiger partial charge in [-0.15, -0.1) is 24.8 Å². The van der Waals surface area contributed by atoms with Crippen LogP contribution in [0.4, 0.5) is 0 Å². The van der Waals surface area contributed by atoms with E-state index in [4.69, 9.17) is 0 Å². The molecule has 0 aliphatic heterocycles. The van der Waals surface area contributed by atoms with Crippen LogP contribution in [0.25, 0.3) is 0 Å². The van der Waals surface area contributed by atoms with Crippen LogP contribution < -0.4 is 31.8 Å². The SMILES string of the molecule is Cl.Cl.O=P(c1ccccc1)(c1ccccc1)C(P(=O)(c1ccccc1)c1ccccc1)P(=O)(c1ccccc1)c1ccccc1.[Bi]=[C-]C=[CH][BiH].[Zr]. The molecule has 0 bridgehead atoms. The molecule has 0 unspecified atom stereocenters. The first-order valence-corrected chi connectivity index (χ1v) is 24.6. The maximum Gasteiger partial charge on any atom is 0 e. The number of hydrogen-bond donors (Lipinski definition) is 0. The molecular formula is C40H36Bi2Cl2O3P3Zr-. The van der Waals surface area contributed by atoms with Crippen molar-refractivity contribution in [3.05, 3.63) is 192 Å². The zero-order chi connectivity index (χ0) is 33.9. The Balaban J connectivity index is 0.00000106. The van der Waals surface area contributed by atoms with E-state index in [9.17, 15) is 0 Å². The summed E-state index contributed by atoms with van der Waals surface area (Å²) in [6.07, 6.45) is 1.99. The van der Waals surface area contributed by atoms with Gasteiger partial charge >= 0.3 is 62.5 Å². The Morgan fingerprint density at radius 1 is 0.431 bits per heavy atom. The van der Waals surface area contributed by atoms with Gasteiger partial charge in [0.1, 0.15) is 5.14 Å². The van der Waals surface area contributed by atoms with Gasteiger partial charge in [-0.25, -0.2) is 0 Å². The van der Waals surface area contributed by atoms with E-state index in [1.807, 2.05) is 188 Å². The molecule has 0 heterocycles. The van der Waals surface area contributed by atoms with Crippen molar-refractivity contribution in [1.29, 1.82) is 0 Å². The van der Waals surface area contributed by atoms with Crippen molar-refractivity contribution < 1.29 is 39.9 Å². The third-order valence-electron chi connectivity index (χ3n) is 7.97. The normalized spacial score (nSPS) is 11.2. The van der Waals surface area contributed by atoms with Crippen molar-refractivity contribution in [2.75, 3.05) is 0 Å². The maximum atomic E-state index is 16.6. The Labute approximate surface area is 363 Å². The van der Waals surface area contributed by atoms with Crippen molar-refractivity contribution in [3.8, 4) is 0 Å². The van der Waals surface area contributed by atoms with E-state index in [0.717, 1.165) is 0 Å². The van der Waals surface area contributed by atoms with Gasteiger partial charge < -0.3 is 13.7 Å². The van der Waals surface area contributed by atoms with E-state index in [0.29, 0.717) is 31.8 Å². The van der Waals surface area contributed by atoms with Gasteiger partial charge in [0, 0.05) is 58.0 Å². The Hall–Kier alpha value is -1.15. The predicted octanol–water partition coefficient (Wildman–Crippen LogP) is 7.40. The third kappa shape index (κ3) is 10.1. The molecule has 0 amide bonds. The molecule has 3 nitrogen and oxygen atoms in total. The van der Waals surface area contributed by atoms with Gasteiger partial charge in [0.25, 0.3) is 0 Å². The molecule has 0 aliphatic carbocycles. The molecular weight excluding hydrogens is 1200 g/mol. The molecule has 51 heavy (non-hydrogen) atoms. The average Bonchev–Trinajstić information content (AvgIpc) is 3.17. The van der Waals surface area contributed by atoms with Crippen LogP contribution in [0.3, 0.4) is 0 Å². The van der Waals surface area contributed by atoms with E-state index in [2.05, 4.69) is 7.49 Å². The summed E-state index contributed by atoms with van der Waals surface area (Å²) in [5, 5.41) is 1.80. The molecule has 0 aromatic heterocycles. The van der Waals surface area contributed by atoms with Crippen molar-refractivity contribution in [3.63, 3.8) is 0 Å². The van der Waals surface area contributed by atoms with Crippen molar-refractivity contribution >= 4 is 131 Å². The minimum Gasteiger partial charge on any atom is 0 e. The zero-order valence-electron chi connectivity index (χ0n) is 27.4. The van der Waals surface area contributed by atoms with E-state index < -0.39 is 26.6 Å². The summed E-state index contributed by atoms with van der Waals surface area (Å²) >= 11 is 2.42. The van der Waals surface area contributed by atoms with Crippen molar-refractivity contribution in [2.45, 2.75) is 5.14 Å². The van der Waals surface area contributed by atoms with Crippen LogP contribution >= 0.6 is 46.2 Å². The van der Waals surface area contributed by atoms with Crippen LogP contribution in [0, 0.1) is 0 Å². The number of allylic oxidation sites excluding steroid dienone is 1. The van der Waals surface area contributed by atoms with Crippen LogP contribution in [-0.2, 0) is 39.9 Å². The number of halogens is 2. The molecule has 6 aromatic rings. The van der Waals surface area contributed by atoms with E-state index in [-0.39, 0.29) is 51.0 Å². The monoisotopic (exact) mass is 1230 g/mol. The van der Waals surface area contributed by atoms with Gasteiger partial charge in [0.15, 0.2) is 21.4 Å². The zero-order valence-corrected chi connectivity index (χ0v) is 41.5. The minimum absolute atomic E-state index is 0. The molecule has 0 fully saturated rings. The van der Waals surface area contributed by atoms with Crippen molar-refractivity contribution in [1.82, 2.24) is 0 Å². The molecule has 258 valence electrons. The summed E-state index contributed by atoms with van der Waals surface area (Å²) in [5.74, 6) is 0. The first-order chi connectivity index (χ1) is 23.4. The minimum atomic E-state index is -3.97. The van der Waals surface area contributed by atoms with Gasteiger partial charge in [-0.2, -0.15) is 0 Å².